The van der Waals surface area contributed by atoms with Gasteiger partial charge in [0.05, 0.1) is 11.4 Å². The Morgan fingerprint density at radius 1 is 0.769 bits per heavy atom. The van der Waals surface area contributed by atoms with Crippen LogP contribution in [-0.4, -0.2) is 6.04 Å². The molecular weight excluding hydrogens is 342 g/mol. The van der Waals surface area contributed by atoms with Crippen molar-refractivity contribution in [3.05, 3.63) is 65.7 Å². The second kappa shape index (κ2) is 7.88. The molecule has 1 aliphatic carbocycles. The van der Waals surface area contributed by atoms with E-state index in [2.05, 4.69) is 39.8 Å². The van der Waals surface area contributed by atoms with Gasteiger partial charge in [-0.05, 0) is 49.2 Å². The molecule has 1 N–H and O–H groups in total. The summed E-state index contributed by atoms with van der Waals surface area (Å²) in [5.74, 6) is 0. The highest BCUT2D eigenvalue weighted by Gasteiger charge is 2.14. The summed E-state index contributed by atoms with van der Waals surface area (Å²) in [7, 11) is 0. The van der Waals surface area contributed by atoms with Crippen LogP contribution in [0, 0.1) is 0 Å². The number of hydrogen-bond donors (Lipinski definition) is 1. The smallest absolute Gasteiger partial charge is 0.0936 e. The van der Waals surface area contributed by atoms with Crippen LogP contribution in [0.1, 0.15) is 32.1 Å². The second-order valence-electron chi connectivity index (χ2n) is 6.83. The van der Waals surface area contributed by atoms with Gasteiger partial charge >= 0.3 is 0 Å². The number of nitrogens with one attached hydrogen (secondary N) is 1. The SMILES string of the molecule is Clc1ccc(N=Nc2ccc(NC3CCCCC3)c3ccccc23)cc1. The lowest BCUT2D eigenvalue weighted by Gasteiger charge is -2.24. The second-order valence-corrected chi connectivity index (χ2v) is 7.27. The van der Waals surface area contributed by atoms with Gasteiger partial charge in [0, 0.05) is 27.5 Å². The molecule has 3 aromatic carbocycles. The zero-order valence-electron chi connectivity index (χ0n) is 14.7. The molecule has 0 bridgehead atoms. The highest BCUT2D eigenvalue weighted by Crippen LogP contribution is 2.34. The summed E-state index contributed by atoms with van der Waals surface area (Å²) in [6.07, 6.45) is 6.52. The van der Waals surface area contributed by atoms with Crippen LogP contribution in [0.2, 0.25) is 5.02 Å². The molecule has 0 aliphatic heterocycles. The summed E-state index contributed by atoms with van der Waals surface area (Å²) in [6, 6.07) is 20.5. The molecule has 0 atom stereocenters. The third-order valence-corrected chi connectivity index (χ3v) is 5.22. The predicted octanol–water partition coefficient (Wildman–Crippen LogP) is 7.65. The number of halogens is 1. The summed E-state index contributed by atoms with van der Waals surface area (Å²) < 4.78 is 0. The standard InChI is InChI=1S/C22H22ClN3/c23-16-10-12-18(13-11-16)25-26-22-15-14-21(19-8-4-5-9-20(19)22)24-17-6-2-1-3-7-17/h4-5,8-15,17,24H,1-3,6-7H2. The van der Waals surface area contributed by atoms with Gasteiger partial charge in [0.25, 0.3) is 0 Å². The Balaban J connectivity index is 1.64. The molecule has 0 aromatic heterocycles. The Labute approximate surface area is 159 Å². The monoisotopic (exact) mass is 363 g/mol. The fourth-order valence-corrected chi connectivity index (χ4v) is 3.71. The van der Waals surface area contributed by atoms with Crippen molar-refractivity contribution in [3.8, 4) is 0 Å². The summed E-state index contributed by atoms with van der Waals surface area (Å²) in [6.45, 7) is 0. The van der Waals surface area contributed by atoms with Crippen LogP contribution >= 0.6 is 11.6 Å². The molecule has 3 nitrogen and oxygen atoms in total. The third kappa shape index (κ3) is 3.88. The van der Waals surface area contributed by atoms with Crippen LogP contribution < -0.4 is 5.32 Å². The summed E-state index contributed by atoms with van der Waals surface area (Å²) in [4.78, 5) is 0. The molecule has 4 rings (SSSR count). The van der Waals surface area contributed by atoms with Gasteiger partial charge in [-0.2, -0.15) is 5.11 Å². The number of nitrogens with zero attached hydrogens (tertiary/aromatic N) is 2. The Bertz CT molecular complexity index is 912. The molecule has 3 aromatic rings. The van der Waals surface area contributed by atoms with Crippen molar-refractivity contribution in [2.75, 3.05) is 5.32 Å². The Morgan fingerprint density at radius 2 is 1.50 bits per heavy atom. The van der Waals surface area contributed by atoms with E-state index < -0.39 is 0 Å². The molecule has 0 saturated heterocycles. The molecule has 1 aliphatic rings. The first-order valence-corrected chi connectivity index (χ1v) is 9.63. The Hall–Kier alpha value is -2.39. The van der Waals surface area contributed by atoms with Crippen molar-refractivity contribution in [2.24, 2.45) is 10.2 Å². The normalized spacial score (nSPS) is 15.6. The predicted molar refractivity (Wildman–Crippen MR) is 110 cm³/mol. The van der Waals surface area contributed by atoms with Crippen molar-refractivity contribution in [2.45, 2.75) is 38.1 Å². The van der Waals surface area contributed by atoms with Crippen molar-refractivity contribution in [1.82, 2.24) is 0 Å². The fraction of sp³-hybridized carbons (Fsp3) is 0.273. The summed E-state index contributed by atoms with van der Waals surface area (Å²) in [5, 5.41) is 15.6. The number of hydrogen-bond acceptors (Lipinski definition) is 3. The fourth-order valence-electron chi connectivity index (χ4n) is 3.58. The van der Waals surface area contributed by atoms with E-state index in [1.54, 1.807) is 0 Å². The number of fused-ring (bicyclic) bond motifs is 1. The minimum Gasteiger partial charge on any atom is -0.382 e. The molecule has 0 spiro atoms. The van der Waals surface area contributed by atoms with Crippen molar-refractivity contribution in [3.63, 3.8) is 0 Å². The van der Waals surface area contributed by atoms with E-state index >= 15 is 0 Å². The quantitative estimate of drug-likeness (QED) is 0.474. The number of rotatable bonds is 4. The highest BCUT2D eigenvalue weighted by atomic mass is 35.5. The van der Waals surface area contributed by atoms with Crippen LogP contribution in [0.25, 0.3) is 10.8 Å². The zero-order chi connectivity index (χ0) is 17.8. The van der Waals surface area contributed by atoms with E-state index in [0.29, 0.717) is 11.1 Å². The van der Waals surface area contributed by atoms with Gasteiger partial charge in [-0.15, -0.1) is 5.11 Å². The van der Waals surface area contributed by atoms with Gasteiger partial charge in [-0.3, -0.25) is 0 Å². The minimum atomic E-state index is 0.577. The van der Waals surface area contributed by atoms with E-state index in [-0.39, 0.29) is 0 Å². The molecule has 1 saturated carbocycles. The van der Waals surface area contributed by atoms with Crippen LogP contribution in [0.15, 0.2) is 70.9 Å². The number of azo groups is 1. The van der Waals surface area contributed by atoms with Gasteiger partial charge in [-0.1, -0.05) is 55.1 Å². The highest BCUT2D eigenvalue weighted by molar-refractivity contribution is 6.30. The van der Waals surface area contributed by atoms with Crippen LogP contribution in [0.5, 0.6) is 0 Å². The van der Waals surface area contributed by atoms with Crippen LogP contribution in [0.4, 0.5) is 17.1 Å². The van der Waals surface area contributed by atoms with Gasteiger partial charge in [0.15, 0.2) is 0 Å². The van der Waals surface area contributed by atoms with Crippen molar-refractivity contribution < 1.29 is 0 Å². The van der Waals surface area contributed by atoms with E-state index in [4.69, 9.17) is 11.6 Å². The maximum absolute atomic E-state index is 5.93. The van der Waals surface area contributed by atoms with E-state index in [9.17, 15) is 0 Å². The number of benzene rings is 3. The average molecular weight is 364 g/mol. The maximum Gasteiger partial charge on any atom is 0.0936 e. The van der Waals surface area contributed by atoms with Gasteiger partial charge in [0.2, 0.25) is 0 Å². The molecule has 4 heteroatoms. The minimum absolute atomic E-state index is 0.577. The summed E-state index contributed by atoms with van der Waals surface area (Å²) >= 11 is 5.93. The molecule has 0 amide bonds. The first-order valence-electron chi connectivity index (χ1n) is 9.25. The third-order valence-electron chi connectivity index (χ3n) is 4.97. The molecule has 26 heavy (non-hydrogen) atoms. The molecule has 0 radical (unpaired) electrons. The largest absolute Gasteiger partial charge is 0.382 e. The molecule has 1 fully saturated rings. The molecule has 0 heterocycles. The van der Waals surface area contributed by atoms with Crippen molar-refractivity contribution >= 4 is 39.4 Å². The van der Waals surface area contributed by atoms with Crippen molar-refractivity contribution in [1.29, 1.82) is 0 Å². The lowest BCUT2D eigenvalue weighted by molar-refractivity contribution is 0.463. The average Bonchev–Trinajstić information content (AvgIpc) is 2.69. The summed E-state index contributed by atoms with van der Waals surface area (Å²) in [5.41, 5.74) is 2.87. The maximum atomic E-state index is 5.93. The van der Waals surface area contributed by atoms with Gasteiger partial charge < -0.3 is 5.32 Å². The van der Waals surface area contributed by atoms with E-state index in [1.807, 2.05) is 36.4 Å². The van der Waals surface area contributed by atoms with Crippen LogP contribution in [-0.2, 0) is 0 Å². The Morgan fingerprint density at radius 3 is 2.27 bits per heavy atom. The zero-order valence-corrected chi connectivity index (χ0v) is 15.4. The molecule has 0 unspecified atom stereocenters. The van der Waals surface area contributed by atoms with Crippen LogP contribution in [0.3, 0.4) is 0 Å². The Kier molecular flexibility index (Phi) is 5.16. The molecular formula is C22H22ClN3. The van der Waals surface area contributed by atoms with E-state index in [0.717, 1.165) is 16.8 Å². The van der Waals surface area contributed by atoms with E-state index in [1.165, 1.54) is 43.2 Å². The number of anilines is 1. The van der Waals surface area contributed by atoms with Gasteiger partial charge in [0.1, 0.15) is 0 Å². The first-order chi connectivity index (χ1) is 12.8. The van der Waals surface area contributed by atoms with Gasteiger partial charge in [-0.25, -0.2) is 0 Å². The lowest BCUT2D eigenvalue weighted by atomic mass is 9.95. The topological polar surface area (TPSA) is 36.8 Å². The molecule has 132 valence electrons. The lowest BCUT2D eigenvalue weighted by Crippen LogP contribution is -2.22. The first kappa shape index (κ1) is 17.0.